The van der Waals surface area contributed by atoms with Gasteiger partial charge >= 0.3 is 24.6 Å². The number of halogens is 9. The van der Waals surface area contributed by atoms with Crippen LogP contribution in [0, 0.1) is 0 Å². The molecule has 2 amide bonds. The fourth-order valence-corrected chi connectivity index (χ4v) is 5.70. The molecule has 3 heterocycles. The summed E-state index contributed by atoms with van der Waals surface area (Å²) in [7, 11) is 0. The normalized spacial score (nSPS) is 22.9. The van der Waals surface area contributed by atoms with Gasteiger partial charge in [0.15, 0.2) is 0 Å². The van der Waals surface area contributed by atoms with Crippen LogP contribution in [-0.2, 0) is 34.6 Å². The Morgan fingerprint density at radius 3 is 2.09 bits per heavy atom. The summed E-state index contributed by atoms with van der Waals surface area (Å²) in [4.78, 5) is 31.9. The average Bonchev–Trinajstić information content (AvgIpc) is 3.24. The minimum Gasteiger partial charge on any atom is -0.439 e. The van der Waals surface area contributed by atoms with Crippen molar-refractivity contribution in [1.82, 2.24) is 14.8 Å². The third kappa shape index (κ3) is 7.57. The van der Waals surface area contributed by atoms with E-state index in [9.17, 15) is 49.1 Å². The largest absolute Gasteiger partial charge is 0.439 e. The van der Waals surface area contributed by atoms with Crippen LogP contribution in [0.4, 0.5) is 50.1 Å². The van der Waals surface area contributed by atoms with Crippen molar-refractivity contribution in [2.24, 2.45) is 0 Å². The van der Waals surface area contributed by atoms with Crippen LogP contribution >= 0.6 is 0 Å². The molecule has 2 aliphatic heterocycles. The van der Waals surface area contributed by atoms with E-state index in [0.717, 1.165) is 11.0 Å². The van der Waals surface area contributed by atoms with Gasteiger partial charge in [0.05, 0.1) is 29.3 Å². The van der Waals surface area contributed by atoms with E-state index in [2.05, 4.69) is 10.3 Å². The maximum absolute atomic E-state index is 13.6. The molecule has 0 spiro atoms. The van der Waals surface area contributed by atoms with Gasteiger partial charge < -0.3 is 15.0 Å². The molecule has 4 rings (SSSR count). The summed E-state index contributed by atoms with van der Waals surface area (Å²) in [5.41, 5.74) is -4.98. The molecule has 2 saturated heterocycles. The summed E-state index contributed by atoms with van der Waals surface area (Å²) >= 11 is 0. The van der Waals surface area contributed by atoms with Gasteiger partial charge in [-0.05, 0) is 56.0 Å². The Hall–Kier alpha value is -3.72. The molecule has 1 N–H and O–H groups in total. The number of aromatic nitrogens is 1. The Balaban J connectivity index is 1.63. The van der Waals surface area contributed by atoms with Gasteiger partial charge in [-0.2, -0.15) is 39.5 Å². The molecule has 4 atom stereocenters. The summed E-state index contributed by atoms with van der Waals surface area (Å²) in [5.74, 6) is -0.00662. The molecule has 2 fully saturated rings. The number of nitrogens with one attached hydrogen (secondary N) is 1. The second kappa shape index (κ2) is 12.6. The zero-order valence-electron chi connectivity index (χ0n) is 24.4. The number of benzene rings is 1. The van der Waals surface area contributed by atoms with Crippen molar-refractivity contribution in [2.75, 3.05) is 11.9 Å². The molecule has 2 unspecified atom stereocenters. The highest BCUT2D eigenvalue weighted by Crippen LogP contribution is 2.41. The number of hydrogen-bond donors (Lipinski definition) is 1. The first-order valence-electron chi connectivity index (χ1n) is 14.2. The van der Waals surface area contributed by atoms with Crippen LogP contribution in [0.1, 0.15) is 80.4 Å². The summed E-state index contributed by atoms with van der Waals surface area (Å²) < 4.78 is 127. The fourth-order valence-electron chi connectivity index (χ4n) is 5.70. The maximum Gasteiger partial charge on any atom is 0.417 e. The SMILES string of the molecule is CCC(=O)N1CCC(Nc2ncc(C(F)(F)F)cc2CN2C(=O)O[C@H](c3cc(C(F)(F)F)cc(C(F)(F)F)c3)[C@@H]2C)CC1CC. The van der Waals surface area contributed by atoms with Crippen LogP contribution in [-0.4, -0.2) is 51.5 Å². The van der Waals surface area contributed by atoms with Gasteiger partial charge in [-0.3, -0.25) is 9.69 Å². The zero-order chi connectivity index (χ0) is 33.5. The van der Waals surface area contributed by atoms with Crippen molar-refractivity contribution in [2.45, 2.75) is 95.8 Å². The number of ether oxygens (including phenoxy) is 1. The molecule has 2 aliphatic rings. The number of likely N-dealkylation sites (tertiary alicyclic amines) is 1. The molecule has 0 saturated carbocycles. The van der Waals surface area contributed by atoms with Crippen LogP contribution < -0.4 is 5.32 Å². The minimum absolute atomic E-state index is 0.0139. The van der Waals surface area contributed by atoms with Crippen molar-refractivity contribution >= 4 is 17.8 Å². The van der Waals surface area contributed by atoms with Crippen LogP contribution in [0.25, 0.3) is 0 Å². The summed E-state index contributed by atoms with van der Waals surface area (Å²) in [5, 5.41) is 3.12. The third-order valence-electron chi connectivity index (χ3n) is 8.12. The summed E-state index contributed by atoms with van der Waals surface area (Å²) in [6.07, 6.45) is -15.3. The number of piperidine rings is 1. The first-order valence-corrected chi connectivity index (χ1v) is 14.2. The van der Waals surface area contributed by atoms with Gasteiger partial charge in [0.25, 0.3) is 0 Å². The smallest absolute Gasteiger partial charge is 0.417 e. The number of rotatable bonds is 7. The number of cyclic esters (lactones) is 1. The lowest BCUT2D eigenvalue weighted by molar-refractivity contribution is -0.143. The topological polar surface area (TPSA) is 74.8 Å². The van der Waals surface area contributed by atoms with E-state index in [4.69, 9.17) is 4.74 Å². The standard InChI is InChI=1S/C29H31F9N4O3/c1-4-22-12-21(6-7-41(22)23(43)5-2)40-25-17(10-20(13-39-25)29(36,37)38)14-42-15(3)24(45-26(42)44)16-8-18(27(30,31)32)11-19(9-16)28(33,34)35/h8-11,13,15,21-22,24H,4-7,12,14H2,1-3H3,(H,39,40)/t15-,21?,22?,24-/m0/s1. The van der Waals surface area contributed by atoms with Gasteiger partial charge in [0.1, 0.15) is 11.9 Å². The summed E-state index contributed by atoms with van der Waals surface area (Å²) in [6, 6.07) is 0.0442. The predicted molar refractivity (Wildman–Crippen MR) is 143 cm³/mol. The predicted octanol–water partition coefficient (Wildman–Crippen LogP) is 7.81. The van der Waals surface area contributed by atoms with Crippen molar-refractivity contribution in [1.29, 1.82) is 0 Å². The van der Waals surface area contributed by atoms with E-state index >= 15 is 0 Å². The Kier molecular flexibility index (Phi) is 9.55. The third-order valence-corrected chi connectivity index (χ3v) is 8.12. The van der Waals surface area contributed by atoms with E-state index in [1.165, 1.54) is 6.92 Å². The van der Waals surface area contributed by atoms with E-state index in [1.54, 1.807) is 11.8 Å². The van der Waals surface area contributed by atoms with Gasteiger partial charge in [0, 0.05) is 36.8 Å². The first-order chi connectivity index (χ1) is 20.8. The van der Waals surface area contributed by atoms with Gasteiger partial charge in [-0.1, -0.05) is 13.8 Å². The van der Waals surface area contributed by atoms with Crippen molar-refractivity contribution in [3.8, 4) is 0 Å². The lowest BCUT2D eigenvalue weighted by Crippen LogP contribution is -2.49. The van der Waals surface area contributed by atoms with Crippen molar-refractivity contribution in [3.05, 3.63) is 58.3 Å². The Morgan fingerprint density at radius 1 is 0.956 bits per heavy atom. The van der Waals surface area contributed by atoms with Crippen molar-refractivity contribution < 1.29 is 53.8 Å². The second-order valence-electron chi connectivity index (χ2n) is 11.1. The molecule has 2 aromatic rings. The average molecular weight is 655 g/mol. The number of carbonyl (C=O) groups is 2. The number of hydrogen-bond acceptors (Lipinski definition) is 5. The number of nitrogens with zero attached hydrogens (tertiary/aromatic N) is 3. The molecule has 0 aliphatic carbocycles. The Labute approximate surface area is 252 Å². The van der Waals surface area contributed by atoms with E-state index in [0.29, 0.717) is 50.6 Å². The van der Waals surface area contributed by atoms with E-state index in [-0.39, 0.29) is 35.4 Å². The van der Waals surface area contributed by atoms with E-state index < -0.39 is 65.6 Å². The fraction of sp³-hybridized carbons (Fsp3) is 0.552. The van der Waals surface area contributed by atoms with Crippen LogP contribution in [0.5, 0.6) is 0 Å². The molecule has 7 nitrogen and oxygen atoms in total. The van der Waals surface area contributed by atoms with Crippen molar-refractivity contribution in [3.63, 3.8) is 0 Å². The first kappa shape index (κ1) is 34.2. The number of amides is 2. The molecule has 1 aromatic carbocycles. The molecule has 248 valence electrons. The number of anilines is 1. The molecular weight excluding hydrogens is 623 g/mol. The monoisotopic (exact) mass is 654 g/mol. The molecule has 45 heavy (non-hydrogen) atoms. The van der Waals surface area contributed by atoms with Gasteiger partial charge in [-0.25, -0.2) is 9.78 Å². The quantitative estimate of drug-likeness (QED) is 0.309. The number of alkyl halides is 9. The number of carbonyl (C=O) groups excluding carboxylic acids is 2. The van der Waals surface area contributed by atoms with E-state index in [1.807, 2.05) is 6.92 Å². The van der Waals surface area contributed by atoms with Gasteiger partial charge in [-0.15, -0.1) is 0 Å². The zero-order valence-corrected chi connectivity index (χ0v) is 24.4. The summed E-state index contributed by atoms with van der Waals surface area (Å²) in [6.45, 7) is 4.83. The van der Waals surface area contributed by atoms with Gasteiger partial charge in [0.2, 0.25) is 5.91 Å². The highest BCUT2D eigenvalue weighted by molar-refractivity contribution is 5.76. The second-order valence-corrected chi connectivity index (χ2v) is 11.1. The highest BCUT2D eigenvalue weighted by atomic mass is 19.4. The maximum atomic E-state index is 13.6. The minimum atomic E-state index is -5.14. The molecule has 1 aromatic heterocycles. The van der Waals surface area contributed by atoms with Crippen LogP contribution in [0.15, 0.2) is 30.5 Å². The molecular formula is C29H31F9N4O3. The van der Waals surface area contributed by atoms with Crippen LogP contribution in [0.3, 0.4) is 0 Å². The molecule has 0 bridgehead atoms. The molecule has 0 radical (unpaired) electrons. The Bertz CT molecular complexity index is 1380. The highest BCUT2D eigenvalue weighted by Gasteiger charge is 2.44. The Morgan fingerprint density at radius 2 is 1.56 bits per heavy atom. The lowest BCUT2D eigenvalue weighted by atomic mass is 9.94. The number of pyridine rings is 1. The molecule has 16 heteroatoms. The van der Waals surface area contributed by atoms with Crippen LogP contribution in [0.2, 0.25) is 0 Å². The lowest BCUT2D eigenvalue weighted by Gasteiger charge is -2.39.